The minimum absolute atomic E-state index is 0.0555. The van der Waals surface area contributed by atoms with Gasteiger partial charge in [0.2, 0.25) is 0 Å². The number of carboxylic acids is 1. The number of hydrogen-bond donors (Lipinski definition) is 2. The molecule has 1 aromatic rings. The fourth-order valence-electron chi connectivity index (χ4n) is 1.51. The first-order chi connectivity index (χ1) is 9.64. The van der Waals surface area contributed by atoms with Gasteiger partial charge in [0, 0.05) is 17.9 Å². The van der Waals surface area contributed by atoms with Gasteiger partial charge in [-0.2, -0.15) is 0 Å². The lowest BCUT2D eigenvalue weighted by Gasteiger charge is -2.13. The van der Waals surface area contributed by atoms with Gasteiger partial charge in [0.25, 0.3) is 0 Å². The second-order valence-corrected chi connectivity index (χ2v) is 4.32. The molecule has 0 saturated heterocycles. The molecule has 0 bridgehead atoms. The van der Waals surface area contributed by atoms with Crippen LogP contribution in [-0.2, 0) is 4.79 Å². The summed E-state index contributed by atoms with van der Waals surface area (Å²) in [6.07, 6.45) is -7.25. The van der Waals surface area contributed by atoms with E-state index in [1.165, 1.54) is 0 Å². The van der Waals surface area contributed by atoms with Gasteiger partial charge in [-0.25, -0.2) is 4.79 Å². The first-order valence-electron chi connectivity index (χ1n) is 5.55. The zero-order valence-electron chi connectivity index (χ0n) is 10.4. The smallest absolute Gasteiger partial charge is 0.479 e. The summed E-state index contributed by atoms with van der Waals surface area (Å²) in [4.78, 5) is 22.3. The second-order valence-electron chi connectivity index (χ2n) is 3.94. The molecule has 0 saturated carbocycles. The minimum atomic E-state index is -5.01. The number of carbonyl (C=O) groups is 2. The molecule has 1 aromatic carbocycles. The number of carbonyl (C=O) groups excluding carboxylic acids is 1. The van der Waals surface area contributed by atoms with Gasteiger partial charge in [-0.05, 0) is 23.8 Å². The first kappa shape index (κ1) is 17.3. The predicted molar refractivity (Wildman–Crippen MR) is 65.4 cm³/mol. The summed E-state index contributed by atoms with van der Waals surface area (Å²) in [7, 11) is 0. The van der Waals surface area contributed by atoms with Crippen molar-refractivity contribution in [1.82, 2.24) is 0 Å². The van der Waals surface area contributed by atoms with E-state index < -0.39 is 35.5 Å². The van der Waals surface area contributed by atoms with Crippen molar-refractivity contribution in [3.63, 3.8) is 0 Å². The number of ether oxygens (including phenoxy) is 1. The van der Waals surface area contributed by atoms with Gasteiger partial charge in [-0.15, -0.1) is 24.8 Å². The average Bonchev–Trinajstić information content (AvgIpc) is 2.35. The molecule has 0 spiro atoms. The molecule has 0 fully saturated rings. The summed E-state index contributed by atoms with van der Waals surface area (Å²) in [5.41, 5.74) is -0.630. The maximum atomic E-state index is 12.2. The molecule has 0 aliphatic carbocycles. The van der Waals surface area contributed by atoms with Crippen molar-refractivity contribution in [2.24, 2.45) is 0 Å². The van der Waals surface area contributed by atoms with Crippen LogP contribution in [0, 0.1) is 0 Å². The Kier molecular flexibility index (Phi) is 5.56. The van der Waals surface area contributed by atoms with Gasteiger partial charge >= 0.3 is 12.3 Å². The second kappa shape index (κ2) is 6.77. The zero-order valence-corrected chi connectivity index (χ0v) is 11.1. The van der Waals surface area contributed by atoms with Crippen molar-refractivity contribution in [2.45, 2.75) is 18.9 Å². The predicted octanol–water partition coefficient (Wildman–Crippen LogP) is 2.51. The van der Waals surface area contributed by atoms with Gasteiger partial charge in [-0.1, -0.05) is 0 Å². The number of ketones is 1. The van der Waals surface area contributed by atoms with Gasteiger partial charge in [0.1, 0.15) is 5.75 Å². The van der Waals surface area contributed by atoms with Crippen LogP contribution >= 0.6 is 11.6 Å². The summed E-state index contributed by atoms with van der Waals surface area (Å²) in [6.45, 7) is 0. The van der Waals surface area contributed by atoms with Crippen molar-refractivity contribution >= 4 is 23.4 Å². The fourth-order valence-corrected chi connectivity index (χ4v) is 1.68. The molecule has 0 aromatic heterocycles. The number of benzene rings is 1. The number of aliphatic hydroxyl groups is 1. The minimum Gasteiger partial charge on any atom is -0.479 e. The van der Waals surface area contributed by atoms with Crippen LogP contribution in [0.2, 0.25) is 0 Å². The number of carboxylic acid groups (broad SMARTS) is 1. The van der Waals surface area contributed by atoms with E-state index >= 15 is 0 Å². The standard InChI is InChI=1S/C12H10ClF3O5/c13-2-1-9(17)6-3-7(10(18)11(19)20)5-8(4-6)21-12(14,15)16/h3-5,10,18H,1-2H2,(H,19,20). The van der Waals surface area contributed by atoms with Crippen LogP contribution in [0.1, 0.15) is 28.4 Å². The van der Waals surface area contributed by atoms with Crippen LogP contribution < -0.4 is 4.74 Å². The molecular formula is C12H10ClF3O5. The van der Waals surface area contributed by atoms with E-state index in [0.29, 0.717) is 6.07 Å². The molecule has 0 amide bonds. The Morgan fingerprint density at radius 1 is 1.29 bits per heavy atom. The Balaban J connectivity index is 3.25. The van der Waals surface area contributed by atoms with Crippen LogP contribution in [0.25, 0.3) is 0 Å². The van der Waals surface area contributed by atoms with Crippen molar-refractivity contribution in [3.05, 3.63) is 29.3 Å². The highest BCUT2D eigenvalue weighted by Crippen LogP contribution is 2.28. The number of hydrogen-bond acceptors (Lipinski definition) is 4. The van der Waals surface area contributed by atoms with E-state index in [1.54, 1.807) is 0 Å². The van der Waals surface area contributed by atoms with E-state index in [-0.39, 0.29) is 17.9 Å². The Labute approximate surface area is 121 Å². The molecule has 0 aliphatic rings. The number of alkyl halides is 4. The van der Waals surface area contributed by atoms with Crippen molar-refractivity contribution in [3.8, 4) is 5.75 Å². The molecule has 5 nitrogen and oxygen atoms in total. The summed E-state index contributed by atoms with van der Waals surface area (Å²) < 4.78 is 40.3. The Bertz CT molecular complexity index is 544. The normalized spacial score (nSPS) is 12.8. The number of aliphatic hydroxyl groups excluding tert-OH is 1. The van der Waals surface area contributed by atoms with Crippen LogP contribution in [0.15, 0.2) is 18.2 Å². The molecule has 9 heteroatoms. The molecule has 0 heterocycles. The lowest BCUT2D eigenvalue weighted by Crippen LogP contribution is -2.18. The molecule has 1 atom stereocenters. The Hall–Kier alpha value is -1.80. The fraction of sp³-hybridized carbons (Fsp3) is 0.333. The number of aliphatic carboxylic acids is 1. The molecule has 0 aliphatic heterocycles. The SMILES string of the molecule is O=C(CCCl)c1cc(OC(F)(F)F)cc(C(O)C(=O)O)c1. The number of Topliss-reactive ketones (excluding diaryl/α,β-unsaturated/α-hetero) is 1. The third-order valence-corrected chi connectivity index (χ3v) is 2.54. The van der Waals surface area contributed by atoms with E-state index in [1.807, 2.05) is 0 Å². The van der Waals surface area contributed by atoms with Crippen LogP contribution in [0.5, 0.6) is 5.75 Å². The van der Waals surface area contributed by atoms with Gasteiger partial charge in [0.15, 0.2) is 11.9 Å². The number of rotatable bonds is 6. The molecule has 21 heavy (non-hydrogen) atoms. The lowest BCUT2D eigenvalue weighted by molar-refractivity contribution is -0.274. The first-order valence-corrected chi connectivity index (χ1v) is 6.08. The molecule has 2 N–H and O–H groups in total. The molecule has 116 valence electrons. The van der Waals surface area contributed by atoms with E-state index in [2.05, 4.69) is 4.74 Å². The average molecular weight is 327 g/mol. The third-order valence-electron chi connectivity index (χ3n) is 2.36. The van der Waals surface area contributed by atoms with Gasteiger partial charge in [-0.3, -0.25) is 4.79 Å². The highest BCUT2D eigenvalue weighted by molar-refractivity contribution is 6.19. The summed E-state index contributed by atoms with van der Waals surface area (Å²) >= 11 is 5.37. The quantitative estimate of drug-likeness (QED) is 0.620. The molecular weight excluding hydrogens is 317 g/mol. The van der Waals surface area contributed by atoms with E-state index in [4.69, 9.17) is 16.7 Å². The van der Waals surface area contributed by atoms with Crippen LogP contribution in [0.4, 0.5) is 13.2 Å². The Morgan fingerprint density at radius 3 is 2.38 bits per heavy atom. The molecule has 0 radical (unpaired) electrons. The van der Waals surface area contributed by atoms with Gasteiger partial charge in [0.05, 0.1) is 0 Å². The molecule has 1 rings (SSSR count). The number of halogens is 4. The highest BCUT2D eigenvalue weighted by Gasteiger charge is 2.32. The topological polar surface area (TPSA) is 83.8 Å². The van der Waals surface area contributed by atoms with Crippen LogP contribution in [0.3, 0.4) is 0 Å². The van der Waals surface area contributed by atoms with E-state index in [9.17, 15) is 27.9 Å². The summed E-state index contributed by atoms with van der Waals surface area (Å²) in [5.74, 6) is -3.12. The Morgan fingerprint density at radius 2 is 1.90 bits per heavy atom. The zero-order chi connectivity index (χ0) is 16.2. The van der Waals surface area contributed by atoms with Gasteiger partial charge < -0.3 is 14.9 Å². The van der Waals surface area contributed by atoms with Crippen molar-refractivity contribution in [1.29, 1.82) is 0 Å². The van der Waals surface area contributed by atoms with E-state index in [0.717, 1.165) is 12.1 Å². The monoisotopic (exact) mass is 326 g/mol. The third kappa shape index (κ3) is 5.24. The van der Waals surface area contributed by atoms with Crippen molar-refractivity contribution in [2.75, 3.05) is 5.88 Å². The largest absolute Gasteiger partial charge is 0.573 e. The highest BCUT2D eigenvalue weighted by atomic mass is 35.5. The van der Waals surface area contributed by atoms with Crippen molar-refractivity contribution < 1.29 is 37.7 Å². The molecule has 1 unspecified atom stereocenters. The summed E-state index contributed by atoms with van der Waals surface area (Å²) in [6, 6.07) is 2.49. The maximum absolute atomic E-state index is 12.2. The maximum Gasteiger partial charge on any atom is 0.573 e. The van der Waals surface area contributed by atoms with Crippen LogP contribution in [-0.4, -0.2) is 34.2 Å². The summed E-state index contributed by atoms with van der Waals surface area (Å²) in [5, 5.41) is 18.1. The lowest BCUT2D eigenvalue weighted by atomic mass is 10.0.